The summed E-state index contributed by atoms with van der Waals surface area (Å²) >= 11 is 1.45. The van der Waals surface area contributed by atoms with E-state index in [1.165, 1.54) is 11.8 Å². The molecule has 0 radical (unpaired) electrons. The van der Waals surface area contributed by atoms with Crippen molar-refractivity contribution in [3.63, 3.8) is 0 Å². The second kappa shape index (κ2) is 6.72. The van der Waals surface area contributed by atoms with Crippen LogP contribution in [0.4, 0.5) is 5.95 Å². The average molecular weight is 246 g/mol. The molecular weight excluding hydrogens is 228 g/mol. The van der Waals surface area contributed by atoms with Gasteiger partial charge in [0.2, 0.25) is 11.1 Å². The van der Waals surface area contributed by atoms with Gasteiger partial charge in [-0.05, 0) is 20.1 Å². The van der Waals surface area contributed by atoms with Crippen LogP contribution in [0, 0.1) is 0 Å². The highest BCUT2D eigenvalue weighted by Crippen LogP contribution is 2.12. The van der Waals surface area contributed by atoms with Crippen molar-refractivity contribution in [2.45, 2.75) is 31.8 Å². The summed E-state index contributed by atoms with van der Waals surface area (Å²) in [5.74, 6) is 0.383. The monoisotopic (exact) mass is 246 g/mol. The summed E-state index contributed by atoms with van der Waals surface area (Å²) in [4.78, 5) is 4.08. The molecule has 1 aromatic rings. The first-order valence-electron chi connectivity index (χ1n) is 5.18. The highest BCUT2D eigenvalue weighted by Gasteiger charge is 2.13. The van der Waals surface area contributed by atoms with E-state index in [0.29, 0.717) is 30.9 Å². The second-order valence-electron chi connectivity index (χ2n) is 2.98. The SMILES string of the molecule is CCOC(Cn1nc(SC)nc1N)OCC. The first-order chi connectivity index (χ1) is 7.71. The standard InChI is InChI=1S/C9H18N4O2S/c1-4-14-7(15-5-2)6-13-8(10)11-9(12-13)16-3/h7H,4-6H2,1-3H3,(H2,10,11,12). The fourth-order valence-corrected chi connectivity index (χ4v) is 1.58. The maximum atomic E-state index is 5.72. The maximum Gasteiger partial charge on any atom is 0.219 e. The smallest absolute Gasteiger partial charge is 0.219 e. The van der Waals surface area contributed by atoms with Crippen molar-refractivity contribution in [1.82, 2.24) is 14.8 Å². The van der Waals surface area contributed by atoms with Crippen molar-refractivity contribution < 1.29 is 9.47 Å². The molecule has 0 saturated heterocycles. The zero-order valence-corrected chi connectivity index (χ0v) is 10.7. The lowest BCUT2D eigenvalue weighted by Gasteiger charge is -2.16. The normalized spacial score (nSPS) is 11.2. The van der Waals surface area contributed by atoms with Gasteiger partial charge in [-0.25, -0.2) is 4.68 Å². The Hall–Kier alpha value is -0.790. The van der Waals surface area contributed by atoms with E-state index in [9.17, 15) is 0 Å². The van der Waals surface area contributed by atoms with Gasteiger partial charge in [0.25, 0.3) is 0 Å². The largest absolute Gasteiger partial charge is 0.368 e. The summed E-state index contributed by atoms with van der Waals surface area (Å²) < 4.78 is 12.4. The molecule has 0 aliphatic carbocycles. The summed E-state index contributed by atoms with van der Waals surface area (Å²) in [6, 6.07) is 0. The van der Waals surface area contributed by atoms with Crippen LogP contribution in [0.2, 0.25) is 0 Å². The molecule has 92 valence electrons. The van der Waals surface area contributed by atoms with E-state index in [0.717, 1.165) is 0 Å². The van der Waals surface area contributed by atoms with Crippen molar-refractivity contribution in [2.24, 2.45) is 0 Å². The predicted octanol–water partition coefficient (Wildman–Crippen LogP) is 0.981. The maximum absolute atomic E-state index is 5.72. The lowest BCUT2D eigenvalue weighted by molar-refractivity contribution is -0.144. The van der Waals surface area contributed by atoms with Crippen LogP contribution in [0.5, 0.6) is 0 Å². The quantitative estimate of drug-likeness (QED) is 0.571. The van der Waals surface area contributed by atoms with Gasteiger partial charge in [0.05, 0.1) is 6.54 Å². The number of hydrogen-bond acceptors (Lipinski definition) is 6. The molecule has 2 N–H and O–H groups in total. The number of thioether (sulfide) groups is 1. The molecule has 0 spiro atoms. The van der Waals surface area contributed by atoms with Gasteiger partial charge in [0.1, 0.15) is 0 Å². The van der Waals surface area contributed by atoms with E-state index < -0.39 is 0 Å². The van der Waals surface area contributed by atoms with E-state index >= 15 is 0 Å². The highest BCUT2D eigenvalue weighted by molar-refractivity contribution is 7.98. The molecule has 0 aliphatic heterocycles. The summed E-state index contributed by atoms with van der Waals surface area (Å²) in [5.41, 5.74) is 5.72. The van der Waals surface area contributed by atoms with Crippen LogP contribution < -0.4 is 5.73 Å². The molecule has 7 heteroatoms. The van der Waals surface area contributed by atoms with E-state index in [4.69, 9.17) is 15.2 Å². The number of ether oxygens (including phenoxy) is 2. The highest BCUT2D eigenvalue weighted by atomic mass is 32.2. The average Bonchev–Trinajstić information content (AvgIpc) is 2.60. The Morgan fingerprint density at radius 3 is 2.44 bits per heavy atom. The molecule has 1 heterocycles. The minimum atomic E-state index is -0.325. The number of nitrogens with two attached hydrogens (primary N) is 1. The van der Waals surface area contributed by atoms with Gasteiger partial charge in [-0.15, -0.1) is 5.10 Å². The fourth-order valence-electron chi connectivity index (χ4n) is 1.22. The molecule has 0 bridgehead atoms. The van der Waals surface area contributed by atoms with E-state index in [-0.39, 0.29) is 6.29 Å². The summed E-state index contributed by atoms with van der Waals surface area (Å²) in [5, 5.41) is 4.87. The van der Waals surface area contributed by atoms with E-state index in [2.05, 4.69) is 10.1 Å². The zero-order valence-electron chi connectivity index (χ0n) is 9.84. The number of anilines is 1. The lowest BCUT2D eigenvalue weighted by atomic mass is 10.6. The van der Waals surface area contributed by atoms with Crippen LogP contribution >= 0.6 is 11.8 Å². The van der Waals surface area contributed by atoms with Crippen molar-refractivity contribution in [3.8, 4) is 0 Å². The number of aromatic nitrogens is 3. The van der Waals surface area contributed by atoms with Gasteiger partial charge >= 0.3 is 0 Å². The van der Waals surface area contributed by atoms with Gasteiger partial charge < -0.3 is 15.2 Å². The van der Waals surface area contributed by atoms with Gasteiger partial charge in [-0.1, -0.05) is 11.8 Å². The summed E-state index contributed by atoms with van der Waals surface area (Å²) in [6.07, 6.45) is 1.58. The molecule has 6 nitrogen and oxygen atoms in total. The molecule has 1 rings (SSSR count). The minimum absolute atomic E-state index is 0.325. The predicted molar refractivity (Wildman–Crippen MR) is 63.3 cm³/mol. The Kier molecular flexibility index (Phi) is 5.58. The van der Waals surface area contributed by atoms with Gasteiger partial charge in [-0.3, -0.25) is 0 Å². The Morgan fingerprint density at radius 1 is 1.38 bits per heavy atom. The van der Waals surface area contributed by atoms with Crippen LogP contribution in [0.3, 0.4) is 0 Å². The number of hydrogen-bond donors (Lipinski definition) is 1. The van der Waals surface area contributed by atoms with Crippen LogP contribution in [0.1, 0.15) is 13.8 Å². The van der Waals surface area contributed by atoms with Gasteiger partial charge in [-0.2, -0.15) is 4.98 Å². The zero-order chi connectivity index (χ0) is 12.0. The van der Waals surface area contributed by atoms with Crippen LogP contribution in [-0.2, 0) is 16.0 Å². The molecule has 0 atom stereocenters. The van der Waals surface area contributed by atoms with Gasteiger partial charge in [0, 0.05) is 13.2 Å². The number of nitrogens with zero attached hydrogens (tertiary/aromatic N) is 3. The molecule has 0 amide bonds. The molecule has 0 unspecified atom stereocenters. The molecule has 0 fully saturated rings. The van der Waals surface area contributed by atoms with Crippen molar-refractivity contribution in [2.75, 3.05) is 25.2 Å². The van der Waals surface area contributed by atoms with Gasteiger partial charge in [0.15, 0.2) is 6.29 Å². The topological polar surface area (TPSA) is 75.2 Å². The Bertz CT molecular complexity index is 312. The summed E-state index contributed by atoms with van der Waals surface area (Å²) in [7, 11) is 0. The number of nitrogen functional groups attached to an aromatic ring is 1. The Balaban J connectivity index is 2.64. The summed E-state index contributed by atoms with van der Waals surface area (Å²) in [6.45, 7) is 5.48. The Labute approximate surface area is 99.5 Å². The molecule has 1 aromatic heterocycles. The van der Waals surface area contributed by atoms with Crippen molar-refractivity contribution in [1.29, 1.82) is 0 Å². The molecule has 0 aromatic carbocycles. The van der Waals surface area contributed by atoms with Crippen molar-refractivity contribution >= 4 is 17.7 Å². The number of rotatable bonds is 7. The third kappa shape index (κ3) is 3.66. The van der Waals surface area contributed by atoms with E-state index in [1.54, 1.807) is 4.68 Å². The third-order valence-electron chi connectivity index (χ3n) is 1.89. The fraction of sp³-hybridized carbons (Fsp3) is 0.778. The first-order valence-corrected chi connectivity index (χ1v) is 6.41. The molecule has 16 heavy (non-hydrogen) atoms. The van der Waals surface area contributed by atoms with Crippen LogP contribution in [0.25, 0.3) is 0 Å². The van der Waals surface area contributed by atoms with Crippen LogP contribution in [0.15, 0.2) is 5.16 Å². The second-order valence-corrected chi connectivity index (χ2v) is 3.75. The van der Waals surface area contributed by atoms with Crippen molar-refractivity contribution in [3.05, 3.63) is 0 Å². The molecular formula is C9H18N4O2S. The Morgan fingerprint density at radius 2 is 2.00 bits per heavy atom. The van der Waals surface area contributed by atoms with E-state index in [1.807, 2.05) is 20.1 Å². The minimum Gasteiger partial charge on any atom is -0.368 e. The molecule has 0 saturated carbocycles. The third-order valence-corrected chi connectivity index (χ3v) is 2.43. The first kappa shape index (κ1) is 13.3. The van der Waals surface area contributed by atoms with Crippen LogP contribution in [-0.4, -0.2) is 40.5 Å². The molecule has 0 aliphatic rings. The lowest BCUT2D eigenvalue weighted by Crippen LogP contribution is -2.25.